The van der Waals surface area contributed by atoms with E-state index in [1.807, 2.05) is 42.3 Å². The van der Waals surface area contributed by atoms with Crippen LogP contribution in [0.3, 0.4) is 0 Å². The second-order valence-electron chi connectivity index (χ2n) is 10.6. The molecule has 0 bridgehead atoms. The van der Waals surface area contributed by atoms with Crippen LogP contribution in [0.15, 0.2) is 64.1 Å². The fourth-order valence-electron chi connectivity index (χ4n) is 5.39. The number of carbonyl (C=O) groups excluding carboxylic acids is 1. The van der Waals surface area contributed by atoms with Crippen molar-refractivity contribution in [3.05, 3.63) is 66.1 Å². The minimum Gasteiger partial charge on any atom is -0.347 e. The number of hydrogen-bond donors (Lipinski definition) is 1. The van der Waals surface area contributed by atoms with E-state index in [0.717, 1.165) is 16.6 Å². The first-order valence-electron chi connectivity index (χ1n) is 13.4. The molecule has 0 radical (unpaired) electrons. The molecule has 2 fully saturated rings. The third kappa shape index (κ3) is 5.88. The molecule has 3 heterocycles. The first-order valence-corrected chi connectivity index (χ1v) is 13.4. The number of nitrogens with zero attached hydrogens (tertiary/aromatic N) is 5. The summed E-state index contributed by atoms with van der Waals surface area (Å²) in [7, 11) is 1.82. The van der Waals surface area contributed by atoms with Crippen molar-refractivity contribution in [2.45, 2.75) is 44.2 Å². The van der Waals surface area contributed by atoms with Gasteiger partial charge in [-0.15, -0.1) is 0 Å². The zero-order chi connectivity index (χ0) is 28.7. The molecular weight excluding hydrogens is 540 g/mol. The van der Waals surface area contributed by atoms with Crippen LogP contribution in [0.1, 0.15) is 30.2 Å². The Morgan fingerprint density at radius 1 is 1.17 bits per heavy atom. The summed E-state index contributed by atoms with van der Waals surface area (Å²) in [5.74, 6) is -0.116. The maximum absolute atomic E-state index is 14.7. The third-order valence-corrected chi connectivity index (χ3v) is 7.57. The van der Waals surface area contributed by atoms with E-state index < -0.39 is 18.9 Å². The molecule has 2 aromatic heterocycles. The number of aromatic nitrogens is 3. The molecule has 12 heteroatoms. The van der Waals surface area contributed by atoms with Gasteiger partial charge in [0.25, 0.3) is 0 Å². The number of piperidine rings is 1. The summed E-state index contributed by atoms with van der Waals surface area (Å²) < 4.78 is 61.9. The number of fused-ring (bicyclic) bond motifs is 1. The Balaban J connectivity index is 1.25. The highest BCUT2D eigenvalue weighted by atomic mass is 19.4. The molecule has 1 aliphatic carbocycles. The summed E-state index contributed by atoms with van der Waals surface area (Å²) in [6.07, 6.45) is -4.61. The fourth-order valence-corrected chi connectivity index (χ4v) is 5.39. The van der Waals surface area contributed by atoms with Crippen molar-refractivity contribution in [1.29, 1.82) is 0 Å². The summed E-state index contributed by atoms with van der Waals surface area (Å²) in [6, 6.07) is 16.1. The topological polar surface area (TPSA) is 88.6 Å². The Labute approximate surface area is 233 Å². The van der Waals surface area contributed by atoms with E-state index >= 15 is 0 Å². The van der Waals surface area contributed by atoms with Crippen LogP contribution in [0, 0.1) is 5.92 Å². The van der Waals surface area contributed by atoms with E-state index in [2.05, 4.69) is 20.4 Å². The van der Waals surface area contributed by atoms with Crippen LogP contribution in [0.5, 0.6) is 0 Å². The van der Waals surface area contributed by atoms with Crippen molar-refractivity contribution in [3.63, 3.8) is 0 Å². The van der Waals surface area contributed by atoms with Crippen LogP contribution >= 0.6 is 0 Å². The van der Waals surface area contributed by atoms with Gasteiger partial charge in [-0.25, -0.2) is 4.39 Å². The van der Waals surface area contributed by atoms with Crippen LogP contribution in [0.2, 0.25) is 0 Å². The molecular formula is C29H28F4N6O2. The molecule has 3 atom stereocenters. The Kier molecular flexibility index (Phi) is 7.10. The molecule has 8 nitrogen and oxygen atoms in total. The molecule has 0 spiro atoms. The minimum atomic E-state index is -4.53. The molecule has 1 saturated carbocycles. The zero-order valence-corrected chi connectivity index (χ0v) is 22.2. The number of halogens is 4. The summed E-state index contributed by atoms with van der Waals surface area (Å²) in [5, 5.41) is 7.12. The van der Waals surface area contributed by atoms with Crippen LogP contribution in [0.4, 0.5) is 23.2 Å². The first kappa shape index (κ1) is 27.1. The van der Waals surface area contributed by atoms with E-state index in [1.165, 1.54) is 6.07 Å². The number of likely N-dealkylation sites (tertiary alicyclic amines) is 1. The number of nitrogens with one attached hydrogen (secondary N) is 1. The third-order valence-electron chi connectivity index (χ3n) is 7.57. The largest absolute Gasteiger partial charge is 0.406 e. The highest BCUT2D eigenvalue weighted by Crippen LogP contribution is 2.47. The van der Waals surface area contributed by atoms with Gasteiger partial charge in [0, 0.05) is 30.8 Å². The van der Waals surface area contributed by atoms with Gasteiger partial charge in [-0.1, -0.05) is 41.6 Å². The second-order valence-corrected chi connectivity index (χ2v) is 10.6. The molecule has 1 saturated heterocycles. The van der Waals surface area contributed by atoms with Crippen molar-refractivity contribution in [2.24, 2.45) is 10.9 Å². The average molecular weight is 569 g/mol. The van der Waals surface area contributed by atoms with Crippen LogP contribution < -0.4 is 5.32 Å². The highest BCUT2D eigenvalue weighted by molar-refractivity contribution is 5.99. The van der Waals surface area contributed by atoms with Crippen molar-refractivity contribution < 1.29 is 26.9 Å². The molecule has 2 aliphatic rings. The van der Waals surface area contributed by atoms with Gasteiger partial charge in [-0.05, 0) is 43.1 Å². The average Bonchev–Trinajstić information content (AvgIpc) is 3.47. The van der Waals surface area contributed by atoms with Gasteiger partial charge < -0.3 is 19.3 Å². The standard InChI is InChI=1S/C29H28F4N6O2/c1-38-11-10-23(21(30)15-38)35-22-8-5-9-24-20(22)13-25(39(24)16-29(31,32)33)27-36-26(41-37-27)14-34-28(40)19-12-18(19)17-6-3-2-4-7-17/h2-9,13,18-19,21H,10-12,14-16H2,1H3,(H,34,40)/b35-23+/t18-,19-,21+/m1/s1. The van der Waals surface area contributed by atoms with Gasteiger partial charge in [-0.2, -0.15) is 18.2 Å². The summed E-state index contributed by atoms with van der Waals surface area (Å²) in [6.45, 7) is -0.476. The molecule has 4 aromatic rings. The molecule has 1 aliphatic heterocycles. The maximum atomic E-state index is 14.7. The van der Waals surface area contributed by atoms with Gasteiger partial charge in [0.05, 0.1) is 29.2 Å². The van der Waals surface area contributed by atoms with Crippen molar-refractivity contribution in [1.82, 2.24) is 24.9 Å². The number of alkyl halides is 4. The minimum absolute atomic E-state index is 0.0470. The molecule has 1 N–H and O–H groups in total. The summed E-state index contributed by atoms with van der Waals surface area (Å²) in [4.78, 5) is 23.3. The van der Waals surface area contributed by atoms with E-state index in [4.69, 9.17) is 4.52 Å². The summed E-state index contributed by atoms with van der Waals surface area (Å²) in [5.41, 5.74) is 2.19. The van der Waals surface area contributed by atoms with Gasteiger partial charge in [-0.3, -0.25) is 9.79 Å². The number of benzene rings is 2. The zero-order valence-electron chi connectivity index (χ0n) is 22.2. The van der Waals surface area contributed by atoms with Crippen molar-refractivity contribution in [2.75, 3.05) is 20.1 Å². The number of rotatable bonds is 7. The predicted molar refractivity (Wildman–Crippen MR) is 145 cm³/mol. The maximum Gasteiger partial charge on any atom is 0.406 e. The molecule has 2 aromatic carbocycles. The fraction of sp³-hybridized carbons (Fsp3) is 0.379. The normalized spacial score (nSPS) is 22.4. The van der Waals surface area contributed by atoms with E-state index in [0.29, 0.717) is 29.8 Å². The van der Waals surface area contributed by atoms with Crippen molar-refractivity contribution >= 4 is 28.2 Å². The lowest BCUT2D eigenvalue weighted by Gasteiger charge is -2.26. The Morgan fingerprint density at radius 2 is 1.98 bits per heavy atom. The Bertz CT molecular complexity index is 1600. The number of carbonyl (C=O) groups is 1. The van der Waals surface area contributed by atoms with Crippen molar-refractivity contribution in [3.8, 4) is 11.5 Å². The van der Waals surface area contributed by atoms with Gasteiger partial charge in [0.1, 0.15) is 6.54 Å². The van der Waals surface area contributed by atoms with E-state index in [9.17, 15) is 22.4 Å². The van der Waals surface area contributed by atoms with Gasteiger partial charge in [0.2, 0.25) is 17.6 Å². The van der Waals surface area contributed by atoms with E-state index in [-0.39, 0.29) is 53.8 Å². The molecule has 214 valence electrons. The quantitative estimate of drug-likeness (QED) is 0.301. The lowest BCUT2D eigenvalue weighted by atomic mass is 10.1. The molecule has 0 unspecified atom stereocenters. The number of hydrogen-bond acceptors (Lipinski definition) is 6. The van der Waals surface area contributed by atoms with Crippen LogP contribution in [-0.2, 0) is 17.9 Å². The monoisotopic (exact) mass is 568 g/mol. The van der Waals surface area contributed by atoms with Gasteiger partial charge >= 0.3 is 6.18 Å². The molecule has 1 amide bonds. The number of amides is 1. The SMILES string of the molecule is CN1CC/C(=N\c2cccc3c2cc(-c2noc(CNC(=O)[C@@H]4C[C@@H]4c4ccccc4)n2)n3CC(F)(F)F)[C@@H](F)C1. The lowest BCUT2D eigenvalue weighted by molar-refractivity contribution is -0.139. The highest BCUT2D eigenvalue weighted by Gasteiger charge is 2.43. The Hall–Kier alpha value is -4.06. The van der Waals surface area contributed by atoms with Crippen LogP contribution in [-0.4, -0.2) is 63.7 Å². The second kappa shape index (κ2) is 10.7. The smallest absolute Gasteiger partial charge is 0.347 e. The van der Waals surface area contributed by atoms with Crippen LogP contribution in [0.25, 0.3) is 22.4 Å². The molecule has 6 rings (SSSR count). The van der Waals surface area contributed by atoms with E-state index in [1.54, 1.807) is 18.2 Å². The summed E-state index contributed by atoms with van der Waals surface area (Å²) >= 11 is 0. The predicted octanol–water partition coefficient (Wildman–Crippen LogP) is 5.42. The molecule has 41 heavy (non-hydrogen) atoms. The lowest BCUT2D eigenvalue weighted by Crippen LogP contribution is -2.39. The Morgan fingerprint density at radius 3 is 2.73 bits per heavy atom. The van der Waals surface area contributed by atoms with Gasteiger partial charge in [0.15, 0.2) is 6.17 Å². The first-order chi connectivity index (χ1) is 19.7. The number of aliphatic imine (C=N–C) groups is 1.